The van der Waals surface area contributed by atoms with Crippen molar-refractivity contribution in [2.24, 2.45) is 0 Å². The summed E-state index contributed by atoms with van der Waals surface area (Å²) < 4.78 is 26.6. The van der Waals surface area contributed by atoms with Gasteiger partial charge in [-0.1, -0.05) is 31.2 Å². The Balaban J connectivity index is 2.08. The van der Waals surface area contributed by atoms with E-state index in [2.05, 4.69) is 14.7 Å². The highest BCUT2D eigenvalue weighted by molar-refractivity contribution is 7.89. The standard InChI is InChI=1S/C13H17N3O3S/c1-2-12-14-8-13(16-12)20(18,19)15-7-10-4-3-5-11(6-10)9-17/h3-6,8,15,17H,2,7,9H2,1H3,(H,14,16). The summed E-state index contributed by atoms with van der Waals surface area (Å²) in [5, 5.41) is 9.11. The first-order valence-corrected chi connectivity index (χ1v) is 7.75. The number of hydrogen-bond donors (Lipinski definition) is 3. The second kappa shape index (κ2) is 6.17. The van der Waals surface area contributed by atoms with E-state index >= 15 is 0 Å². The number of aromatic amines is 1. The van der Waals surface area contributed by atoms with Gasteiger partial charge in [-0.25, -0.2) is 18.1 Å². The topological polar surface area (TPSA) is 95.1 Å². The zero-order chi connectivity index (χ0) is 14.6. The molecule has 0 saturated carbocycles. The van der Waals surface area contributed by atoms with Crippen molar-refractivity contribution in [1.29, 1.82) is 0 Å². The lowest BCUT2D eigenvalue weighted by Gasteiger charge is -2.06. The number of imidazole rings is 1. The van der Waals surface area contributed by atoms with Gasteiger partial charge in [0.05, 0.1) is 12.8 Å². The van der Waals surface area contributed by atoms with Crippen molar-refractivity contribution < 1.29 is 13.5 Å². The molecule has 0 atom stereocenters. The summed E-state index contributed by atoms with van der Waals surface area (Å²) in [6.07, 6.45) is 1.96. The van der Waals surface area contributed by atoms with Gasteiger partial charge >= 0.3 is 0 Å². The van der Waals surface area contributed by atoms with Crippen molar-refractivity contribution in [3.63, 3.8) is 0 Å². The minimum absolute atomic E-state index is 0.0627. The van der Waals surface area contributed by atoms with Crippen LogP contribution in [-0.4, -0.2) is 23.5 Å². The summed E-state index contributed by atoms with van der Waals surface area (Å²) in [4.78, 5) is 6.74. The molecule has 2 aromatic rings. The monoisotopic (exact) mass is 295 g/mol. The lowest BCUT2D eigenvalue weighted by atomic mass is 10.1. The van der Waals surface area contributed by atoms with Gasteiger partial charge in [0, 0.05) is 13.0 Å². The van der Waals surface area contributed by atoms with Gasteiger partial charge in [0.15, 0.2) is 5.03 Å². The van der Waals surface area contributed by atoms with Gasteiger partial charge in [-0.3, -0.25) is 0 Å². The van der Waals surface area contributed by atoms with Crippen molar-refractivity contribution in [2.75, 3.05) is 0 Å². The SMILES string of the molecule is CCc1ncc(S(=O)(=O)NCc2cccc(CO)c2)[nH]1. The molecule has 1 heterocycles. The number of aryl methyl sites for hydroxylation is 1. The van der Waals surface area contributed by atoms with E-state index in [1.54, 1.807) is 24.3 Å². The smallest absolute Gasteiger partial charge is 0.257 e. The fraction of sp³-hybridized carbons (Fsp3) is 0.308. The summed E-state index contributed by atoms with van der Waals surface area (Å²) in [6, 6.07) is 7.11. The number of H-pyrrole nitrogens is 1. The van der Waals surface area contributed by atoms with Crippen LogP contribution in [0.4, 0.5) is 0 Å². The summed E-state index contributed by atoms with van der Waals surface area (Å²) in [7, 11) is -3.60. The van der Waals surface area contributed by atoms with Gasteiger partial charge in [-0.2, -0.15) is 0 Å². The minimum atomic E-state index is -3.60. The van der Waals surface area contributed by atoms with Gasteiger partial charge in [0.1, 0.15) is 5.82 Å². The highest BCUT2D eigenvalue weighted by Gasteiger charge is 2.16. The molecule has 0 unspecified atom stereocenters. The van der Waals surface area contributed by atoms with Crippen LogP contribution in [0.3, 0.4) is 0 Å². The molecule has 0 aliphatic carbocycles. The van der Waals surface area contributed by atoms with E-state index in [1.165, 1.54) is 6.20 Å². The third-order valence-corrected chi connectivity index (χ3v) is 4.18. The van der Waals surface area contributed by atoms with Crippen LogP contribution in [0.2, 0.25) is 0 Å². The van der Waals surface area contributed by atoms with E-state index in [-0.39, 0.29) is 18.2 Å². The molecule has 0 spiro atoms. The lowest BCUT2D eigenvalue weighted by molar-refractivity contribution is 0.281. The zero-order valence-corrected chi connectivity index (χ0v) is 11.9. The molecule has 3 N–H and O–H groups in total. The second-order valence-electron chi connectivity index (χ2n) is 4.35. The molecule has 2 rings (SSSR count). The number of hydrogen-bond acceptors (Lipinski definition) is 4. The number of aliphatic hydroxyl groups is 1. The van der Waals surface area contributed by atoms with Crippen LogP contribution in [0.15, 0.2) is 35.5 Å². The van der Waals surface area contributed by atoms with Gasteiger partial charge in [0.25, 0.3) is 10.0 Å². The first kappa shape index (κ1) is 14.7. The van der Waals surface area contributed by atoms with Crippen LogP contribution >= 0.6 is 0 Å². The number of aromatic nitrogens is 2. The van der Waals surface area contributed by atoms with Crippen LogP contribution in [0.1, 0.15) is 23.9 Å². The Morgan fingerprint density at radius 1 is 1.35 bits per heavy atom. The first-order valence-electron chi connectivity index (χ1n) is 6.27. The van der Waals surface area contributed by atoms with Crippen molar-refractivity contribution >= 4 is 10.0 Å². The largest absolute Gasteiger partial charge is 0.392 e. The Labute approximate surface area is 117 Å². The number of aliphatic hydroxyl groups excluding tert-OH is 1. The Kier molecular flexibility index (Phi) is 4.53. The molecular formula is C13H17N3O3S. The summed E-state index contributed by atoms with van der Waals surface area (Å²) in [5.41, 5.74) is 1.53. The number of nitrogens with one attached hydrogen (secondary N) is 2. The molecule has 0 radical (unpaired) electrons. The van der Waals surface area contributed by atoms with Gasteiger partial charge in [-0.15, -0.1) is 0 Å². The van der Waals surface area contributed by atoms with Crippen molar-refractivity contribution in [3.8, 4) is 0 Å². The van der Waals surface area contributed by atoms with Crippen LogP contribution in [0, 0.1) is 0 Å². The van der Waals surface area contributed by atoms with Gasteiger partial charge < -0.3 is 10.1 Å². The Hall–Kier alpha value is -1.70. The van der Waals surface area contributed by atoms with Crippen LogP contribution in [-0.2, 0) is 29.6 Å². The Bertz CT molecular complexity index is 680. The third-order valence-electron chi connectivity index (χ3n) is 2.87. The molecule has 7 heteroatoms. The second-order valence-corrected chi connectivity index (χ2v) is 6.09. The van der Waals surface area contributed by atoms with Crippen molar-refractivity contribution in [3.05, 3.63) is 47.4 Å². The summed E-state index contributed by atoms with van der Waals surface area (Å²) >= 11 is 0. The van der Waals surface area contributed by atoms with E-state index < -0.39 is 10.0 Å². The van der Waals surface area contributed by atoms with E-state index in [0.717, 1.165) is 11.1 Å². The highest BCUT2D eigenvalue weighted by Crippen LogP contribution is 2.09. The molecule has 0 saturated heterocycles. The van der Waals surface area contributed by atoms with E-state index in [4.69, 9.17) is 5.11 Å². The van der Waals surface area contributed by atoms with Crippen LogP contribution in [0.5, 0.6) is 0 Å². The van der Waals surface area contributed by atoms with Crippen molar-refractivity contribution in [1.82, 2.24) is 14.7 Å². The maximum atomic E-state index is 12.1. The van der Waals surface area contributed by atoms with Gasteiger partial charge in [0.2, 0.25) is 0 Å². The normalized spacial score (nSPS) is 11.7. The molecular weight excluding hydrogens is 278 g/mol. The fourth-order valence-corrected chi connectivity index (χ4v) is 2.71. The summed E-state index contributed by atoms with van der Waals surface area (Å²) in [5.74, 6) is 0.632. The Morgan fingerprint density at radius 2 is 2.10 bits per heavy atom. The van der Waals surface area contributed by atoms with Crippen molar-refractivity contribution in [2.45, 2.75) is 31.5 Å². The maximum absolute atomic E-state index is 12.1. The first-order chi connectivity index (χ1) is 9.55. The maximum Gasteiger partial charge on any atom is 0.257 e. The lowest BCUT2D eigenvalue weighted by Crippen LogP contribution is -2.23. The van der Waals surface area contributed by atoms with Gasteiger partial charge in [-0.05, 0) is 11.1 Å². The van der Waals surface area contributed by atoms with E-state index in [9.17, 15) is 8.42 Å². The predicted molar refractivity (Wildman–Crippen MR) is 74.4 cm³/mol. The number of benzene rings is 1. The molecule has 108 valence electrons. The molecule has 0 aliphatic rings. The average Bonchev–Trinajstić information content (AvgIpc) is 2.95. The molecule has 0 bridgehead atoms. The zero-order valence-electron chi connectivity index (χ0n) is 11.1. The summed E-state index contributed by atoms with van der Waals surface area (Å²) in [6.45, 7) is 1.99. The van der Waals surface area contributed by atoms with Crippen LogP contribution in [0.25, 0.3) is 0 Å². The molecule has 1 aromatic heterocycles. The molecule has 1 aromatic carbocycles. The molecule has 6 nitrogen and oxygen atoms in total. The highest BCUT2D eigenvalue weighted by atomic mass is 32.2. The number of sulfonamides is 1. The number of rotatable bonds is 6. The predicted octanol–water partition coefficient (Wildman–Crippen LogP) is 0.943. The molecule has 0 amide bonds. The Morgan fingerprint density at radius 3 is 2.75 bits per heavy atom. The quantitative estimate of drug-likeness (QED) is 0.739. The molecule has 0 fully saturated rings. The van der Waals surface area contributed by atoms with E-state index in [1.807, 2.05) is 6.92 Å². The number of nitrogens with zero attached hydrogens (tertiary/aromatic N) is 1. The fourth-order valence-electron chi connectivity index (χ4n) is 1.75. The third kappa shape index (κ3) is 3.44. The average molecular weight is 295 g/mol. The van der Waals surface area contributed by atoms with E-state index in [0.29, 0.717) is 12.2 Å². The molecule has 20 heavy (non-hydrogen) atoms. The molecule has 0 aliphatic heterocycles. The van der Waals surface area contributed by atoms with Crippen LogP contribution < -0.4 is 4.72 Å². The minimum Gasteiger partial charge on any atom is -0.392 e.